The van der Waals surface area contributed by atoms with Gasteiger partial charge < -0.3 is 0 Å². The molecule has 0 amide bonds. The number of nitrogens with one attached hydrogen (secondary N) is 1. The van der Waals surface area contributed by atoms with Gasteiger partial charge in [-0.3, -0.25) is 4.72 Å². The standard InChI is InChI=1S/C17H7BrCl2F5NO2S2/c18-9-3-13(22)15(4-12(9)21)30(27,28)26-14-6-29-5-8(14)16-10(19)1-7(2-11(16)20)17(23,24)25/h1-6,26H. The van der Waals surface area contributed by atoms with Crippen LogP contribution >= 0.6 is 50.5 Å². The maximum atomic E-state index is 14.1. The lowest BCUT2D eigenvalue weighted by Gasteiger charge is -2.14. The van der Waals surface area contributed by atoms with E-state index in [1.54, 1.807) is 0 Å². The molecule has 0 fully saturated rings. The first kappa shape index (κ1) is 23.3. The molecule has 1 heterocycles. The third kappa shape index (κ3) is 4.59. The van der Waals surface area contributed by atoms with Crippen LogP contribution in [0.4, 0.5) is 27.6 Å². The van der Waals surface area contributed by atoms with Gasteiger partial charge >= 0.3 is 6.18 Å². The van der Waals surface area contributed by atoms with E-state index in [1.807, 2.05) is 0 Å². The van der Waals surface area contributed by atoms with E-state index in [0.717, 1.165) is 11.3 Å². The van der Waals surface area contributed by atoms with E-state index < -0.39 is 38.3 Å². The van der Waals surface area contributed by atoms with E-state index in [2.05, 4.69) is 20.7 Å². The van der Waals surface area contributed by atoms with Gasteiger partial charge in [-0.1, -0.05) is 23.2 Å². The fourth-order valence-corrected chi connectivity index (χ4v) is 5.47. The number of halogens is 8. The fraction of sp³-hybridized carbons (Fsp3) is 0.0588. The number of alkyl halides is 3. The Balaban J connectivity index is 2.06. The Bertz CT molecular complexity index is 1220. The summed E-state index contributed by atoms with van der Waals surface area (Å²) in [7, 11) is -4.59. The minimum absolute atomic E-state index is 0.0484. The monoisotopic (exact) mass is 565 g/mol. The van der Waals surface area contributed by atoms with Gasteiger partial charge in [0, 0.05) is 21.9 Å². The van der Waals surface area contributed by atoms with Crippen LogP contribution in [0, 0.1) is 11.6 Å². The highest BCUT2D eigenvalue weighted by molar-refractivity contribution is 9.10. The number of hydrogen-bond donors (Lipinski definition) is 1. The van der Waals surface area contributed by atoms with Crippen LogP contribution in [-0.4, -0.2) is 8.42 Å². The Morgan fingerprint density at radius 1 is 0.967 bits per heavy atom. The Kier molecular flexibility index (Phi) is 6.41. The van der Waals surface area contributed by atoms with Crippen LogP contribution in [-0.2, 0) is 16.2 Å². The molecule has 3 nitrogen and oxygen atoms in total. The van der Waals surface area contributed by atoms with Crippen molar-refractivity contribution in [3.05, 3.63) is 66.7 Å². The van der Waals surface area contributed by atoms with Crippen molar-refractivity contribution in [2.24, 2.45) is 0 Å². The van der Waals surface area contributed by atoms with Crippen molar-refractivity contribution in [1.29, 1.82) is 0 Å². The quantitative estimate of drug-likeness (QED) is 0.261. The highest BCUT2D eigenvalue weighted by Crippen LogP contribution is 2.44. The molecule has 0 radical (unpaired) electrons. The zero-order valence-electron chi connectivity index (χ0n) is 14.1. The summed E-state index contributed by atoms with van der Waals surface area (Å²) in [5.41, 5.74) is -1.17. The molecule has 1 N–H and O–H groups in total. The zero-order chi connectivity index (χ0) is 22.4. The number of rotatable bonds is 4. The molecule has 2 aromatic carbocycles. The molecule has 13 heteroatoms. The molecule has 0 spiro atoms. The Labute approximate surface area is 189 Å². The fourth-order valence-electron chi connectivity index (χ4n) is 2.47. The SMILES string of the molecule is O=S(=O)(Nc1cscc1-c1c(Cl)cc(C(F)(F)F)cc1Cl)c1cc(F)c(Br)cc1F. The van der Waals surface area contributed by atoms with Crippen LogP contribution in [0.5, 0.6) is 0 Å². The number of hydrogen-bond acceptors (Lipinski definition) is 3. The normalized spacial score (nSPS) is 12.3. The molecule has 1 aromatic heterocycles. The lowest BCUT2D eigenvalue weighted by molar-refractivity contribution is -0.137. The van der Waals surface area contributed by atoms with E-state index in [9.17, 15) is 30.4 Å². The molecule has 0 aliphatic rings. The molecule has 3 rings (SSSR count). The van der Waals surface area contributed by atoms with Gasteiger partial charge in [-0.2, -0.15) is 13.2 Å². The number of anilines is 1. The zero-order valence-corrected chi connectivity index (χ0v) is 18.9. The van der Waals surface area contributed by atoms with Crippen molar-refractivity contribution in [3.63, 3.8) is 0 Å². The molecule has 160 valence electrons. The lowest BCUT2D eigenvalue weighted by Crippen LogP contribution is -2.15. The van der Waals surface area contributed by atoms with Gasteiger partial charge in [0.15, 0.2) is 0 Å². The Hall–Kier alpha value is -1.40. The van der Waals surface area contributed by atoms with E-state index in [-0.39, 0.29) is 31.3 Å². The molecule has 0 unspecified atom stereocenters. The summed E-state index contributed by atoms with van der Waals surface area (Å²) in [5.74, 6) is -2.21. The molecular weight excluding hydrogens is 560 g/mol. The first-order valence-corrected chi connectivity index (χ1v) is 11.6. The number of benzene rings is 2. The largest absolute Gasteiger partial charge is 0.416 e. The van der Waals surface area contributed by atoms with Crippen molar-refractivity contribution in [1.82, 2.24) is 0 Å². The maximum absolute atomic E-state index is 14.1. The number of thiophene rings is 1. The van der Waals surface area contributed by atoms with Crippen molar-refractivity contribution in [3.8, 4) is 11.1 Å². The highest BCUT2D eigenvalue weighted by Gasteiger charge is 2.32. The van der Waals surface area contributed by atoms with Crippen molar-refractivity contribution in [2.45, 2.75) is 11.1 Å². The van der Waals surface area contributed by atoms with Gasteiger partial charge in [-0.05, 0) is 40.2 Å². The second-order valence-electron chi connectivity index (χ2n) is 5.81. The van der Waals surface area contributed by atoms with Crippen molar-refractivity contribution >= 4 is 66.2 Å². The summed E-state index contributed by atoms with van der Waals surface area (Å²) in [6.07, 6.45) is -4.69. The predicted octanol–water partition coefficient (Wildman–Crippen LogP) is 7.58. The van der Waals surface area contributed by atoms with Gasteiger partial charge in [0.1, 0.15) is 16.5 Å². The smallest absolute Gasteiger partial charge is 0.278 e. The molecule has 30 heavy (non-hydrogen) atoms. The van der Waals surface area contributed by atoms with Crippen molar-refractivity contribution in [2.75, 3.05) is 4.72 Å². The summed E-state index contributed by atoms with van der Waals surface area (Å²) >= 11 is 15.7. The van der Waals surface area contributed by atoms with Crippen LogP contribution in [0.3, 0.4) is 0 Å². The van der Waals surface area contributed by atoms with Crippen molar-refractivity contribution < 1.29 is 30.4 Å². The highest BCUT2D eigenvalue weighted by atomic mass is 79.9. The average molecular weight is 567 g/mol. The molecular formula is C17H7BrCl2F5NO2S2. The van der Waals surface area contributed by atoms with Gasteiger partial charge in [0.25, 0.3) is 10.0 Å². The minimum atomic E-state index is -4.69. The third-order valence-corrected chi connectivity index (χ3v) is 7.14. The lowest BCUT2D eigenvalue weighted by atomic mass is 10.1. The van der Waals surface area contributed by atoms with Gasteiger partial charge in [0.2, 0.25) is 0 Å². The van der Waals surface area contributed by atoms with E-state index in [4.69, 9.17) is 23.2 Å². The molecule has 0 saturated carbocycles. The Morgan fingerprint density at radius 3 is 2.13 bits per heavy atom. The molecule has 0 saturated heterocycles. The summed E-state index contributed by atoms with van der Waals surface area (Å²) < 4.78 is 93.6. The first-order chi connectivity index (χ1) is 13.8. The Morgan fingerprint density at radius 2 is 1.57 bits per heavy atom. The molecule has 0 aliphatic carbocycles. The molecule has 0 aliphatic heterocycles. The topological polar surface area (TPSA) is 46.2 Å². The molecule has 3 aromatic rings. The first-order valence-electron chi connectivity index (χ1n) is 7.61. The van der Waals surface area contributed by atoms with Crippen LogP contribution < -0.4 is 4.72 Å². The van der Waals surface area contributed by atoms with Crippen LogP contribution in [0.15, 0.2) is 44.4 Å². The van der Waals surface area contributed by atoms with Gasteiger partial charge in [-0.25, -0.2) is 17.2 Å². The third-order valence-electron chi connectivity index (χ3n) is 3.81. The summed E-state index contributed by atoms with van der Waals surface area (Å²) in [4.78, 5) is -0.954. The van der Waals surface area contributed by atoms with Gasteiger partial charge in [0.05, 0.1) is 25.8 Å². The van der Waals surface area contributed by atoms with Gasteiger partial charge in [-0.15, -0.1) is 11.3 Å². The number of sulfonamides is 1. The van der Waals surface area contributed by atoms with E-state index in [1.165, 1.54) is 10.8 Å². The second kappa shape index (κ2) is 8.27. The predicted molar refractivity (Wildman–Crippen MR) is 110 cm³/mol. The second-order valence-corrected chi connectivity index (χ2v) is 9.88. The van der Waals surface area contributed by atoms with Crippen LogP contribution in [0.25, 0.3) is 11.1 Å². The average Bonchev–Trinajstić information content (AvgIpc) is 3.03. The maximum Gasteiger partial charge on any atom is 0.416 e. The molecule has 0 atom stereocenters. The van der Waals surface area contributed by atoms with E-state index in [0.29, 0.717) is 24.3 Å². The summed E-state index contributed by atoms with van der Waals surface area (Å²) in [6, 6.07) is 2.46. The minimum Gasteiger partial charge on any atom is -0.278 e. The molecule has 0 bridgehead atoms. The van der Waals surface area contributed by atoms with Crippen LogP contribution in [0.1, 0.15) is 5.56 Å². The summed E-state index contributed by atoms with van der Waals surface area (Å²) in [6.45, 7) is 0. The van der Waals surface area contributed by atoms with Crippen LogP contribution in [0.2, 0.25) is 10.0 Å². The van der Waals surface area contributed by atoms with E-state index >= 15 is 0 Å². The summed E-state index contributed by atoms with van der Waals surface area (Å²) in [5, 5.41) is 1.98.